The van der Waals surface area contributed by atoms with Crippen molar-refractivity contribution in [2.75, 3.05) is 20.3 Å². The highest BCUT2D eigenvalue weighted by atomic mass is 35.5. The normalized spacial score (nSPS) is 10.1. The maximum Gasteiger partial charge on any atom is 0.262 e. The van der Waals surface area contributed by atoms with Gasteiger partial charge in [0.05, 0.1) is 12.5 Å². The zero-order valence-electron chi connectivity index (χ0n) is 9.73. The highest BCUT2D eigenvalue weighted by Gasteiger charge is 2.14. The highest BCUT2D eigenvalue weighted by molar-refractivity contribution is 5.87. The van der Waals surface area contributed by atoms with Gasteiger partial charge in [0, 0.05) is 12.1 Å². The van der Waals surface area contributed by atoms with Crippen LogP contribution in [0, 0.1) is 6.92 Å². The lowest BCUT2D eigenvalue weighted by molar-refractivity contribution is 0.293. The summed E-state index contributed by atoms with van der Waals surface area (Å²) in [5.74, 6) is 1.25. The molecule has 0 radical (unpaired) electrons. The second-order valence-electron chi connectivity index (χ2n) is 3.39. The number of hydrogen-bond donors (Lipinski definition) is 1. The number of rotatable bonds is 4. The highest BCUT2D eigenvalue weighted by Crippen LogP contribution is 2.33. The standard InChI is InChI=1S/C11H14N2O3.ClH/c1-7-8(14-2)3-4-9-10(7)11(13-16-9)15-6-5-12;/h3-4H,5-6,12H2,1-2H3;1H. The molecule has 5 nitrogen and oxygen atoms in total. The summed E-state index contributed by atoms with van der Waals surface area (Å²) < 4.78 is 15.8. The van der Waals surface area contributed by atoms with E-state index in [0.717, 1.165) is 16.7 Å². The molecule has 0 atom stereocenters. The van der Waals surface area contributed by atoms with Gasteiger partial charge >= 0.3 is 0 Å². The van der Waals surface area contributed by atoms with Gasteiger partial charge in [-0.15, -0.1) is 12.4 Å². The monoisotopic (exact) mass is 258 g/mol. The van der Waals surface area contributed by atoms with E-state index in [0.29, 0.717) is 24.6 Å². The number of nitrogens with two attached hydrogens (primary N) is 1. The molecule has 1 aromatic carbocycles. The zero-order chi connectivity index (χ0) is 11.5. The minimum absolute atomic E-state index is 0. The molecule has 1 heterocycles. The predicted octanol–water partition coefficient (Wildman–Crippen LogP) is 1.90. The number of fused-ring (bicyclic) bond motifs is 1. The molecule has 2 rings (SSSR count). The molecular formula is C11H15ClN2O3. The van der Waals surface area contributed by atoms with Gasteiger partial charge in [0.2, 0.25) is 0 Å². The molecule has 0 aliphatic rings. The van der Waals surface area contributed by atoms with Gasteiger partial charge in [-0.2, -0.15) is 0 Å². The first-order valence-electron chi connectivity index (χ1n) is 5.03. The van der Waals surface area contributed by atoms with E-state index in [1.807, 2.05) is 19.1 Å². The van der Waals surface area contributed by atoms with E-state index in [1.54, 1.807) is 7.11 Å². The maximum atomic E-state index is 5.40. The first-order valence-corrected chi connectivity index (χ1v) is 5.03. The van der Waals surface area contributed by atoms with Crippen LogP contribution in [0.15, 0.2) is 16.7 Å². The van der Waals surface area contributed by atoms with Gasteiger partial charge in [-0.25, -0.2) is 0 Å². The fraction of sp³-hybridized carbons (Fsp3) is 0.364. The molecule has 0 amide bonds. The smallest absolute Gasteiger partial charge is 0.262 e. The minimum Gasteiger partial charge on any atom is -0.496 e. The van der Waals surface area contributed by atoms with Crippen molar-refractivity contribution < 1.29 is 14.0 Å². The largest absolute Gasteiger partial charge is 0.496 e. The number of benzene rings is 1. The van der Waals surface area contributed by atoms with E-state index in [4.69, 9.17) is 19.7 Å². The van der Waals surface area contributed by atoms with E-state index in [2.05, 4.69) is 5.16 Å². The second-order valence-corrected chi connectivity index (χ2v) is 3.39. The van der Waals surface area contributed by atoms with Gasteiger partial charge in [0.15, 0.2) is 5.58 Å². The number of halogens is 1. The number of hydrogen-bond acceptors (Lipinski definition) is 5. The first-order chi connectivity index (χ1) is 7.77. The minimum atomic E-state index is 0. The first kappa shape index (κ1) is 13.6. The summed E-state index contributed by atoms with van der Waals surface area (Å²) in [6, 6.07) is 3.65. The molecule has 0 bridgehead atoms. The van der Waals surface area contributed by atoms with Gasteiger partial charge in [-0.1, -0.05) is 0 Å². The fourth-order valence-electron chi connectivity index (χ4n) is 1.62. The SMILES string of the molecule is COc1ccc2onc(OCCN)c2c1C.Cl. The van der Waals surface area contributed by atoms with Crippen molar-refractivity contribution in [3.05, 3.63) is 17.7 Å². The van der Waals surface area contributed by atoms with Crippen LogP contribution in [0.4, 0.5) is 0 Å². The number of ether oxygens (including phenoxy) is 2. The third-order valence-electron chi connectivity index (χ3n) is 2.39. The molecule has 0 unspecified atom stereocenters. The Bertz CT molecular complexity index is 499. The fourth-order valence-corrected chi connectivity index (χ4v) is 1.62. The van der Waals surface area contributed by atoms with Crippen molar-refractivity contribution in [1.29, 1.82) is 0 Å². The molecule has 0 saturated carbocycles. The van der Waals surface area contributed by atoms with Gasteiger partial charge in [-0.05, 0) is 24.2 Å². The van der Waals surface area contributed by atoms with Crippen LogP contribution in [-0.2, 0) is 0 Å². The lowest BCUT2D eigenvalue weighted by atomic mass is 10.1. The lowest BCUT2D eigenvalue weighted by Gasteiger charge is -2.05. The van der Waals surface area contributed by atoms with Crippen LogP contribution in [0.2, 0.25) is 0 Å². The molecule has 17 heavy (non-hydrogen) atoms. The second kappa shape index (κ2) is 5.75. The number of aryl methyl sites for hydroxylation is 1. The van der Waals surface area contributed by atoms with Crippen molar-refractivity contribution >= 4 is 23.4 Å². The summed E-state index contributed by atoms with van der Waals surface area (Å²) in [6.45, 7) is 2.79. The Morgan fingerprint density at radius 1 is 1.41 bits per heavy atom. The molecule has 0 fully saturated rings. The predicted molar refractivity (Wildman–Crippen MR) is 67.1 cm³/mol. The molecule has 0 aliphatic heterocycles. The third-order valence-corrected chi connectivity index (χ3v) is 2.39. The summed E-state index contributed by atoms with van der Waals surface area (Å²) in [5, 5.41) is 4.70. The maximum absolute atomic E-state index is 5.40. The van der Waals surface area contributed by atoms with Crippen molar-refractivity contribution in [1.82, 2.24) is 5.16 Å². The average Bonchev–Trinajstić information content (AvgIpc) is 2.71. The number of aromatic nitrogens is 1. The Kier molecular flexibility index (Phi) is 4.60. The quantitative estimate of drug-likeness (QED) is 0.907. The van der Waals surface area contributed by atoms with Crippen molar-refractivity contribution in [2.24, 2.45) is 5.73 Å². The molecule has 94 valence electrons. The van der Waals surface area contributed by atoms with Crippen molar-refractivity contribution in [3.8, 4) is 11.6 Å². The molecule has 2 aromatic rings. The Labute approximate surface area is 105 Å². The van der Waals surface area contributed by atoms with Gasteiger partial charge in [0.1, 0.15) is 12.4 Å². The van der Waals surface area contributed by atoms with Gasteiger partial charge in [-0.3, -0.25) is 0 Å². The van der Waals surface area contributed by atoms with E-state index in [1.165, 1.54) is 0 Å². The lowest BCUT2D eigenvalue weighted by Crippen LogP contribution is -2.10. The summed E-state index contributed by atoms with van der Waals surface area (Å²) >= 11 is 0. The summed E-state index contributed by atoms with van der Waals surface area (Å²) in [7, 11) is 1.63. The summed E-state index contributed by atoms with van der Waals surface area (Å²) in [6.07, 6.45) is 0. The van der Waals surface area contributed by atoms with Crippen LogP contribution in [0.25, 0.3) is 11.0 Å². The molecule has 1 aromatic heterocycles. The third kappa shape index (κ3) is 2.45. The summed E-state index contributed by atoms with van der Waals surface area (Å²) in [5.41, 5.74) is 7.01. The number of methoxy groups -OCH3 is 1. The molecule has 6 heteroatoms. The van der Waals surface area contributed by atoms with Crippen LogP contribution < -0.4 is 15.2 Å². The zero-order valence-corrected chi connectivity index (χ0v) is 10.5. The Morgan fingerprint density at radius 3 is 2.82 bits per heavy atom. The van der Waals surface area contributed by atoms with Gasteiger partial charge in [0.25, 0.3) is 5.88 Å². The summed E-state index contributed by atoms with van der Waals surface area (Å²) in [4.78, 5) is 0. The van der Waals surface area contributed by atoms with Crippen LogP contribution in [0.3, 0.4) is 0 Å². The van der Waals surface area contributed by atoms with E-state index < -0.39 is 0 Å². The Balaban J connectivity index is 0.00000144. The van der Waals surface area contributed by atoms with Gasteiger partial charge < -0.3 is 19.7 Å². The van der Waals surface area contributed by atoms with Crippen molar-refractivity contribution in [2.45, 2.75) is 6.92 Å². The number of nitrogens with zero attached hydrogens (tertiary/aromatic N) is 1. The van der Waals surface area contributed by atoms with Crippen LogP contribution in [0.5, 0.6) is 11.6 Å². The Hall–Kier alpha value is -1.46. The topological polar surface area (TPSA) is 70.5 Å². The average molecular weight is 259 g/mol. The van der Waals surface area contributed by atoms with Crippen LogP contribution >= 0.6 is 12.4 Å². The molecule has 0 spiro atoms. The van der Waals surface area contributed by atoms with E-state index in [-0.39, 0.29) is 12.4 Å². The van der Waals surface area contributed by atoms with Crippen LogP contribution in [-0.4, -0.2) is 25.4 Å². The van der Waals surface area contributed by atoms with Crippen molar-refractivity contribution in [3.63, 3.8) is 0 Å². The van der Waals surface area contributed by atoms with E-state index in [9.17, 15) is 0 Å². The molecule has 0 aliphatic carbocycles. The van der Waals surface area contributed by atoms with Crippen LogP contribution in [0.1, 0.15) is 5.56 Å². The molecule has 0 saturated heterocycles. The molecular weight excluding hydrogens is 244 g/mol. The molecule has 2 N–H and O–H groups in total. The van der Waals surface area contributed by atoms with E-state index >= 15 is 0 Å². The Morgan fingerprint density at radius 2 is 2.18 bits per heavy atom.